The van der Waals surface area contributed by atoms with Gasteiger partial charge in [-0.05, 0) is 69.5 Å². The Labute approximate surface area is 198 Å². The van der Waals surface area contributed by atoms with Crippen LogP contribution < -0.4 is 5.32 Å². The van der Waals surface area contributed by atoms with E-state index in [4.69, 9.17) is 10.1 Å². The molecule has 3 heterocycles. The van der Waals surface area contributed by atoms with Crippen molar-refractivity contribution in [3.63, 3.8) is 0 Å². The lowest BCUT2D eigenvalue weighted by Gasteiger charge is -2.11. The average Bonchev–Trinajstić information content (AvgIpc) is 3.21. The Hall–Kier alpha value is -3.85. The molecule has 0 unspecified atom stereocenters. The number of hydrogen-bond acceptors (Lipinski definition) is 6. The lowest BCUT2D eigenvalue weighted by Crippen LogP contribution is -2.24. The van der Waals surface area contributed by atoms with Crippen LogP contribution in [0.3, 0.4) is 0 Å². The molecule has 0 spiro atoms. The van der Waals surface area contributed by atoms with Gasteiger partial charge in [-0.15, -0.1) is 0 Å². The molecule has 0 aliphatic rings. The van der Waals surface area contributed by atoms with Crippen LogP contribution in [-0.2, 0) is 0 Å². The predicted octanol–water partition coefficient (Wildman–Crippen LogP) is 3.66. The molecule has 1 aromatic carbocycles. The molecule has 3 aromatic heterocycles. The van der Waals surface area contributed by atoms with Crippen LogP contribution in [0, 0.1) is 5.82 Å². The standard InChI is InChI=1S/C25H28FN7O/c1-31(2)16-6-14-27-25-28-15-13-19(29-25)22-20-7-5-8-21(24(34)32(3)4)33(20)30-23(22)17-9-11-18(26)12-10-17/h5,7-13,15H,6,14,16H2,1-4H3,(H,27,28,29). The van der Waals surface area contributed by atoms with Crippen molar-refractivity contribution in [3.8, 4) is 22.5 Å². The van der Waals surface area contributed by atoms with E-state index in [2.05, 4.69) is 15.2 Å². The predicted molar refractivity (Wildman–Crippen MR) is 131 cm³/mol. The molecule has 0 aliphatic carbocycles. The fourth-order valence-electron chi connectivity index (χ4n) is 3.70. The van der Waals surface area contributed by atoms with Gasteiger partial charge in [-0.2, -0.15) is 5.10 Å². The van der Waals surface area contributed by atoms with E-state index in [0.717, 1.165) is 36.2 Å². The number of carbonyl (C=O) groups is 1. The molecule has 9 heteroatoms. The highest BCUT2D eigenvalue weighted by Gasteiger charge is 2.22. The van der Waals surface area contributed by atoms with E-state index in [9.17, 15) is 9.18 Å². The zero-order valence-corrected chi connectivity index (χ0v) is 19.8. The first-order valence-corrected chi connectivity index (χ1v) is 11.1. The second-order valence-electron chi connectivity index (χ2n) is 8.49. The van der Waals surface area contributed by atoms with Crippen molar-refractivity contribution < 1.29 is 9.18 Å². The zero-order valence-electron chi connectivity index (χ0n) is 19.8. The van der Waals surface area contributed by atoms with E-state index in [1.165, 1.54) is 17.0 Å². The molecule has 0 fully saturated rings. The van der Waals surface area contributed by atoms with Crippen molar-refractivity contribution in [3.05, 3.63) is 66.2 Å². The first-order chi connectivity index (χ1) is 16.3. The first-order valence-electron chi connectivity index (χ1n) is 11.1. The van der Waals surface area contributed by atoms with Crippen molar-refractivity contribution in [2.75, 3.05) is 46.6 Å². The smallest absolute Gasteiger partial charge is 0.272 e. The second kappa shape index (κ2) is 9.96. The maximum atomic E-state index is 13.6. The van der Waals surface area contributed by atoms with Gasteiger partial charge < -0.3 is 15.1 Å². The summed E-state index contributed by atoms with van der Waals surface area (Å²) >= 11 is 0. The zero-order chi connectivity index (χ0) is 24.2. The number of benzene rings is 1. The van der Waals surface area contributed by atoms with E-state index >= 15 is 0 Å². The first kappa shape index (κ1) is 23.3. The number of nitrogens with one attached hydrogen (secondary N) is 1. The molecule has 0 saturated heterocycles. The molecule has 8 nitrogen and oxygen atoms in total. The van der Waals surface area contributed by atoms with Crippen molar-refractivity contribution in [1.82, 2.24) is 29.4 Å². The van der Waals surface area contributed by atoms with E-state index in [-0.39, 0.29) is 11.7 Å². The molecule has 0 radical (unpaired) electrons. The van der Waals surface area contributed by atoms with Crippen LogP contribution in [-0.4, -0.2) is 76.6 Å². The molecule has 1 amide bonds. The summed E-state index contributed by atoms with van der Waals surface area (Å²) < 4.78 is 15.3. The molecule has 0 aliphatic heterocycles. The quantitative estimate of drug-likeness (QED) is 0.404. The Balaban J connectivity index is 1.83. The van der Waals surface area contributed by atoms with Gasteiger partial charge in [0, 0.05) is 32.4 Å². The maximum absolute atomic E-state index is 13.6. The van der Waals surface area contributed by atoms with E-state index < -0.39 is 0 Å². The highest BCUT2D eigenvalue weighted by molar-refractivity contribution is 5.96. The van der Waals surface area contributed by atoms with Gasteiger partial charge in [0.15, 0.2) is 0 Å². The number of fused-ring (bicyclic) bond motifs is 1. The Morgan fingerprint density at radius 3 is 2.53 bits per heavy atom. The summed E-state index contributed by atoms with van der Waals surface area (Å²) in [5.41, 5.74) is 3.89. The van der Waals surface area contributed by atoms with Crippen molar-refractivity contribution in [1.29, 1.82) is 0 Å². The number of pyridine rings is 1. The third kappa shape index (κ3) is 4.89. The fourth-order valence-corrected chi connectivity index (χ4v) is 3.70. The minimum atomic E-state index is -0.330. The Kier molecular flexibility index (Phi) is 6.83. The van der Waals surface area contributed by atoms with Crippen LogP contribution in [0.1, 0.15) is 16.9 Å². The van der Waals surface area contributed by atoms with Gasteiger partial charge in [-0.25, -0.2) is 18.9 Å². The summed E-state index contributed by atoms with van der Waals surface area (Å²) in [6.45, 7) is 1.70. The van der Waals surface area contributed by atoms with Crippen molar-refractivity contribution in [2.45, 2.75) is 6.42 Å². The minimum absolute atomic E-state index is 0.170. The third-order valence-corrected chi connectivity index (χ3v) is 5.38. The molecule has 0 bridgehead atoms. The van der Waals surface area contributed by atoms with Gasteiger partial charge in [0.05, 0.1) is 16.8 Å². The summed E-state index contributed by atoms with van der Waals surface area (Å²) in [6, 6.07) is 13.4. The van der Waals surface area contributed by atoms with Gasteiger partial charge in [0.1, 0.15) is 17.2 Å². The summed E-state index contributed by atoms with van der Waals surface area (Å²) in [7, 11) is 7.47. The SMILES string of the molecule is CN(C)CCCNc1nccc(-c2c(-c3ccc(F)cc3)nn3c(C(=O)N(C)C)cccc23)n1. The van der Waals surface area contributed by atoms with Gasteiger partial charge in [-0.1, -0.05) is 6.07 Å². The second-order valence-corrected chi connectivity index (χ2v) is 8.49. The summed E-state index contributed by atoms with van der Waals surface area (Å²) in [5, 5.41) is 8.05. The molecule has 0 saturated carbocycles. The maximum Gasteiger partial charge on any atom is 0.272 e. The van der Waals surface area contributed by atoms with Crippen LogP contribution in [0.15, 0.2) is 54.7 Å². The molecular formula is C25H28FN7O. The van der Waals surface area contributed by atoms with Crippen LogP contribution >= 0.6 is 0 Å². The number of aromatic nitrogens is 4. The van der Waals surface area contributed by atoms with Crippen LogP contribution in [0.5, 0.6) is 0 Å². The fraction of sp³-hybridized carbons (Fsp3) is 0.280. The number of nitrogens with zero attached hydrogens (tertiary/aromatic N) is 6. The van der Waals surface area contributed by atoms with E-state index in [0.29, 0.717) is 23.0 Å². The molecule has 176 valence electrons. The largest absolute Gasteiger partial charge is 0.354 e. The van der Waals surface area contributed by atoms with Crippen molar-refractivity contribution >= 4 is 17.4 Å². The summed E-state index contributed by atoms with van der Waals surface area (Å²) in [4.78, 5) is 25.5. The number of halogens is 1. The molecule has 34 heavy (non-hydrogen) atoms. The minimum Gasteiger partial charge on any atom is -0.354 e. The van der Waals surface area contributed by atoms with Gasteiger partial charge in [0.25, 0.3) is 5.91 Å². The molecule has 1 N–H and O–H groups in total. The lowest BCUT2D eigenvalue weighted by molar-refractivity contribution is 0.0819. The molecule has 0 atom stereocenters. The van der Waals surface area contributed by atoms with E-state index in [1.54, 1.807) is 43.0 Å². The molecule has 4 aromatic rings. The van der Waals surface area contributed by atoms with Crippen LogP contribution in [0.25, 0.3) is 28.0 Å². The van der Waals surface area contributed by atoms with Crippen LogP contribution in [0.2, 0.25) is 0 Å². The molecule has 4 rings (SSSR count). The number of hydrogen-bond donors (Lipinski definition) is 1. The van der Waals surface area contributed by atoms with Crippen molar-refractivity contribution in [2.24, 2.45) is 0 Å². The number of rotatable bonds is 8. The number of amides is 1. The average molecular weight is 462 g/mol. The van der Waals surface area contributed by atoms with Gasteiger partial charge >= 0.3 is 0 Å². The highest BCUT2D eigenvalue weighted by atomic mass is 19.1. The lowest BCUT2D eigenvalue weighted by atomic mass is 10.0. The van der Waals surface area contributed by atoms with Gasteiger partial charge in [0.2, 0.25) is 5.95 Å². The summed E-state index contributed by atoms with van der Waals surface area (Å²) in [5.74, 6) is 0.0150. The highest BCUT2D eigenvalue weighted by Crippen LogP contribution is 2.35. The Morgan fingerprint density at radius 1 is 1.06 bits per heavy atom. The Bertz CT molecular complexity index is 1300. The topological polar surface area (TPSA) is 78.7 Å². The third-order valence-electron chi connectivity index (χ3n) is 5.38. The van der Waals surface area contributed by atoms with Gasteiger partial charge in [-0.3, -0.25) is 4.79 Å². The monoisotopic (exact) mass is 461 g/mol. The van der Waals surface area contributed by atoms with E-state index in [1.807, 2.05) is 32.3 Å². The number of carbonyl (C=O) groups excluding carboxylic acids is 1. The molecular weight excluding hydrogens is 433 g/mol. The Morgan fingerprint density at radius 2 is 1.82 bits per heavy atom. The number of anilines is 1. The normalized spacial score (nSPS) is 11.2. The van der Waals surface area contributed by atoms with Crippen LogP contribution in [0.4, 0.5) is 10.3 Å². The summed E-state index contributed by atoms with van der Waals surface area (Å²) in [6.07, 6.45) is 2.65.